The van der Waals surface area contributed by atoms with E-state index in [0.717, 1.165) is 16.8 Å². The first-order chi connectivity index (χ1) is 12.9. The van der Waals surface area contributed by atoms with E-state index in [4.69, 9.17) is 16.3 Å². The molecular weight excluding hydrogens is 369 g/mol. The Kier molecular flexibility index (Phi) is 5.66. The minimum Gasteiger partial charge on any atom is -0.487 e. The smallest absolute Gasteiger partial charge is 0.275 e. The Morgan fingerprint density at radius 1 is 1.19 bits per heavy atom. The van der Waals surface area contributed by atoms with E-state index in [1.54, 1.807) is 18.2 Å². The average Bonchev–Trinajstić information content (AvgIpc) is 2.60. The highest BCUT2D eigenvalue weighted by Crippen LogP contribution is 2.25. The third-order valence-electron chi connectivity index (χ3n) is 3.68. The van der Waals surface area contributed by atoms with Gasteiger partial charge in [0.15, 0.2) is 0 Å². The number of rotatable bonds is 5. The number of carbonyl (C=O) groups is 1. The van der Waals surface area contributed by atoms with Crippen molar-refractivity contribution >= 4 is 23.3 Å². The summed E-state index contributed by atoms with van der Waals surface area (Å²) in [5.74, 6) is 0.0312. The fraction of sp³-hybridized carbons (Fsp3) is 0.150. The number of benzene rings is 1. The molecule has 0 saturated heterocycles. The number of pyridine rings is 2. The summed E-state index contributed by atoms with van der Waals surface area (Å²) in [4.78, 5) is 20.8. The number of hydrogen-bond donors (Lipinski definition) is 1. The molecule has 1 aromatic carbocycles. The van der Waals surface area contributed by atoms with Gasteiger partial charge in [0.25, 0.3) is 5.91 Å². The Morgan fingerprint density at radius 2 is 2.00 bits per heavy atom. The third kappa shape index (κ3) is 5.01. The van der Waals surface area contributed by atoms with Gasteiger partial charge < -0.3 is 10.1 Å². The zero-order valence-electron chi connectivity index (χ0n) is 14.8. The Bertz CT molecular complexity index is 974. The summed E-state index contributed by atoms with van der Waals surface area (Å²) in [7, 11) is 0. The molecule has 0 atom stereocenters. The fourth-order valence-electron chi connectivity index (χ4n) is 2.53. The summed E-state index contributed by atoms with van der Waals surface area (Å²) in [6.07, 6.45) is 1.52. The first kappa shape index (κ1) is 18.8. The van der Waals surface area contributed by atoms with Gasteiger partial charge in [0.2, 0.25) is 0 Å². The second-order valence-electron chi connectivity index (χ2n) is 6.04. The number of nitrogens with zero attached hydrogens (tertiary/aromatic N) is 2. The monoisotopic (exact) mass is 385 g/mol. The van der Waals surface area contributed by atoms with Gasteiger partial charge in [-0.15, -0.1) is 0 Å². The van der Waals surface area contributed by atoms with Crippen LogP contribution in [0.25, 0.3) is 0 Å². The van der Waals surface area contributed by atoms with Crippen molar-refractivity contribution in [3.63, 3.8) is 0 Å². The molecule has 0 spiro atoms. The SMILES string of the molecule is Cc1cc(C)nc(NC(=O)c2cc(COc3ccc(F)cc3Cl)ccn2)c1. The van der Waals surface area contributed by atoms with Gasteiger partial charge >= 0.3 is 0 Å². The Labute approximate surface area is 161 Å². The van der Waals surface area contributed by atoms with Crippen LogP contribution in [0.3, 0.4) is 0 Å². The second kappa shape index (κ2) is 8.14. The van der Waals surface area contributed by atoms with Crippen molar-refractivity contribution in [3.8, 4) is 5.75 Å². The molecule has 2 aromatic heterocycles. The van der Waals surface area contributed by atoms with Crippen molar-refractivity contribution in [2.75, 3.05) is 5.32 Å². The Morgan fingerprint density at radius 3 is 2.74 bits per heavy atom. The molecule has 5 nitrogen and oxygen atoms in total. The van der Waals surface area contributed by atoms with Crippen LogP contribution in [0.5, 0.6) is 5.75 Å². The topological polar surface area (TPSA) is 64.1 Å². The summed E-state index contributed by atoms with van der Waals surface area (Å²) in [5, 5.41) is 2.92. The summed E-state index contributed by atoms with van der Waals surface area (Å²) < 4.78 is 18.7. The number of aryl methyl sites for hydroxylation is 2. The molecule has 0 bridgehead atoms. The lowest BCUT2D eigenvalue weighted by Crippen LogP contribution is -2.15. The molecule has 3 rings (SSSR count). The number of carbonyl (C=O) groups excluding carboxylic acids is 1. The van der Waals surface area contributed by atoms with E-state index >= 15 is 0 Å². The molecule has 0 saturated carbocycles. The maximum atomic E-state index is 13.1. The average molecular weight is 386 g/mol. The molecule has 138 valence electrons. The van der Waals surface area contributed by atoms with Gasteiger partial charge in [-0.2, -0.15) is 0 Å². The predicted octanol–water partition coefficient (Wildman–Crippen LogP) is 4.72. The standard InChI is InChI=1S/C20H17ClFN3O2/c1-12-7-13(2)24-19(8-12)25-20(26)17-9-14(5-6-23-17)11-27-18-4-3-15(22)10-16(18)21/h3-10H,11H2,1-2H3,(H,24,25,26). The van der Waals surface area contributed by atoms with Gasteiger partial charge in [0.05, 0.1) is 5.02 Å². The maximum absolute atomic E-state index is 13.1. The summed E-state index contributed by atoms with van der Waals surface area (Å²) >= 11 is 5.94. The predicted molar refractivity (Wildman–Crippen MR) is 102 cm³/mol. The van der Waals surface area contributed by atoms with Crippen molar-refractivity contribution in [3.05, 3.63) is 82.0 Å². The van der Waals surface area contributed by atoms with E-state index in [9.17, 15) is 9.18 Å². The number of aromatic nitrogens is 2. The van der Waals surface area contributed by atoms with Crippen LogP contribution in [0.4, 0.5) is 10.2 Å². The third-order valence-corrected chi connectivity index (χ3v) is 3.98. The lowest BCUT2D eigenvalue weighted by atomic mass is 10.2. The van der Waals surface area contributed by atoms with Gasteiger partial charge in [-0.25, -0.2) is 9.37 Å². The summed E-state index contributed by atoms with van der Waals surface area (Å²) in [6.45, 7) is 3.95. The first-order valence-electron chi connectivity index (χ1n) is 8.20. The minimum absolute atomic E-state index is 0.163. The molecule has 3 aromatic rings. The molecule has 2 heterocycles. The summed E-state index contributed by atoms with van der Waals surface area (Å²) in [6, 6.07) is 11.0. The van der Waals surface area contributed by atoms with Gasteiger partial charge in [-0.1, -0.05) is 11.6 Å². The molecule has 0 radical (unpaired) electrons. The molecule has 0 unspecified atom stereocenters. The number of hydrogen-bond acceptors (Lipinski definition) is 4. The van der Waals surface area contributed by atoms with Crippen molar-refractivity contribution in [1.29, 1.82) is 0 Å². The van der Waals surface area contributed by atoms with Crippen LogP contribution in [-0.4, -0.2) is 15.9 Å². The lowest BCUT2D eigenvalue weighted by Gasteiger charge is -2.09. The normalized spacial score (nSPS) is 10.5. The van der Waals surface area contributed by atoms with E-state index < -0.39 is 5.82 Å². The van der Waals surface area contributed by atoms with Crippen molar-refractivity contribution < 1.29 is 13.9 Å². The van der Waals surface area contributed by atoms with Crippen LogP contribution in [0.1, 0.15) is 27.3 Å². The van der Waals surface area contributed by atoms with Crippen LogP contribution in [0.15, 0.2) is 48.7 Å². The van der Waals surface area contributed by atoms with Crippen LogP contribution in [0.2, 0.25) is 5.02 Å². The molecule has 0 aliphatic rings. The van der Waals surface area contributed by atoms with Gasteiger partial charge in [0.1, 0.15) is 29.7 Å². The quantitative estimate of drug-likeness (QED) is 0.690. The molecular formula is C20H17ClFN3O2. The van der Waals surface area contributed by atoms with Crippen molar-refractivity contribution in [1.82, 2.24) is 9.97 Å². The zero-order chi connectivity index (χ0) is 19.4. The largest absolute Gasteiger partial charge is 0.487 e. The van der Waals surface area contributed by atoms with Crippen LogP contribution < -0.4 is 10.1 Å². The zero-order valence-corrected chi connectivity index (χ0v) is 15.5. The van der Waals surface area contributed by atoms with Gasteiger partial charge in [-0.05, 0) is 67.4 Å². The number of halogens is 2. The molecule has 0 fully saturated rings. The van der Waals surface area contributed by atoms with Crippen LogP contribution in [0, 0.1) is 19.7 Å². The Hall–Kier alpha value is -2.99. The van der Waals surface area contributed by atoms with Crippen LogP contribution in [-0.2, 0) is 6.61 Å². The minimum atomic E-state index is -0.435. The van der Waals surface area contributed by atoms with E-state index in [1.165, 1.54) is 24.4 Å². The highest BCUT2D eigenvalue weighted by Gasteiger charge is 2.11. The summed E-state index contributed by atoms with van der Waals surface area (Å²) in [5.41, 5.74) is 2.78. The first-order valence-corrected chi connectivity index (χ1v) is 8.58. The molecule has 1 amide bonds. The van der Waals surface area contributed by atoms with E-state index in [2.05, 4.69) is 15.3 Å². The fourth-order valence-corrected chi connectivity index (χ4v) is 2.75. The molecule has 27 heavy (non-hydrogen) atoms. The maximum Gasteiger partial charge on any atom is 0.275 e. The van der Waals surface area contributed by atoms with Crippen molar-refractivity contribution in [2.24, 2.45) is 0 Å². The highest BCUT2D eigenvalue weighted by atomic mass is 35.5. The second-order valence-corrected chi connectivity index (χ2v) is 6.45. The van der Waals surface area contributed by atoms with E-state index in [-0.39, 0.29) is 23.2 Å². The Balaban J connectivity index is 1.70. The molecule has 7 heteroatoms. The van der Waals surface area contributed by atoms with Gasteiger partial charge in [0, 0.05) is 11.9 Å². The molecule has 0 aliphatic heterocycles. The molecule has 0 aliphatic carbocycles. The van der Waals surface area contributed by atoms with Crippen LogP contribution >= 0.6 is 11.6 Å². The van der Waals surface area contributed by atoms with Gasteiger partial charge in [-0.3, -0.25) is 9.78 Å². The lowest BCUT2D eigenvalue weighted by molar-refractivity contribution is 0.102. The highest BCUT2D eigenvalue weighted by molar-refractivity contribution is 6.32. The number of nitrogens with one attached hydrogen (secondary N) is 1. The number of amides is 1. The van der Waals surface area contributed by atoms with E-state index in [0.29, 0.717) is 11.6 Å². The molecule has 1 N–H and O–H groups in total. The van der Waals surface area contributed by atoms with E-state index in [1.807, 2.05) is 19.9 Å². The number of ether oxygens (including phenoxy) is 1. The van der Waals surface area contributed by atoms with Crippen molar-refractivity contribution in [2.45, 2.75) is 20.5 Å². The number of anilines is 1.